The molecule has 0 unspecified atom stereocenters. The van der Waals surface area contributed by atoms with Gasteiger partial charge >= 0.3 is 0 Å². The van der Waals surface area contributed by atoms with Crippen LogP contribution in [0.25, 0.3) is 61.0 Å². The van der Waals surface area contributed by atoms with Crippen LogP contribution in [0.2, 0.25) is 0 Å². The molecule has 1 aliphatic carbocycles. The van der Waals surface area contributed by atoms with E-state index in [0.29, 0.717) is 78.4 Å². The fourth-order valence-electron chi connectivity index (χ4n) is 11.0. The first-order valence-corrected chi connectivity index (χ1v) is 27.3. The molecule has 0 radical (unpaired) electrons. The number of fused-ring (bicyclic) bond motifs is 5. The Kier molecular flexibility index (Phi) is 10.7. The van der Waals surface area contributed by atoms with Crippen LogP contribution < -0.4 is 14.5 Å². The molecule has 0 atom stereocenters. The minimum absolute atomic E-state index is 0. The van der Waals surface area contributed by atoms with Crippen molar-refractivity contribution in [3.63, 3.8) is 0 Å². The van der Waals surface area contributed by atoms with Crippen molar-refractivity contribution in [2.45, 2.75) is 130 Å². The molecular formula is C74H73N4OPt-3. The zero-order chi connectivity index (χ0) is 65.0. The quantitative estimate of drug-likeness (QED) is 0.142. The number of benzene rings is 8. The van der Waals surface area contributed by atoms with E-state index >= 15 is 0 Å². The molecule has 80 heavy (non-hydrogen) atoms. The molecule has 2 aliphatic rings. The van der Waals surface area contributed by atoms with Crippen LogP contribution in [-0.4, -0.2) is 9.55 Å². The smallest absolute Gasteiger partial charge is 0.135 e. The second kappa shape index (κ2) is 20.1. The number of aromatic nitrogens is 2. The van der Waals surface area contributed by atoms with Crippen molar-refractivity contribution >= 4 is 44.6 Å². The number of pyridine rings is 1. The summed E-state index contributed by atoms with van der Waals surface area (Å²) in [6.07, 6.45) is 3.23. The molecule has 6 heteroatoms. The van der Waals surface area contributed by atoms with Crippen LogP contribution in [0.5, 0.6) is 11.5 Å². The molecule has 0 amide bonds. The third-order valence-electron chi connectivity index (χ3n) is 15.9. The van der Waals surface area contributed by atoms with Gasteiger partial charge in [0, 0.05) is 72.5 Å². The maximum absolute atomic E-state index is 10.4. The summed E-state index contributed by atoms with van der Waals surface area (Å²) in [5, 5.41) is 0.867. The van der Waals surface area contributed by atoms with Crippen molar-refractivity contribution in [1.82, 2.24) is 9.55 Å². The van der Waals surface area contributed by atoms with Crippen molar-refractivity contribution in [3.05, 3.63) is 222 Å². The summed E-state index contributed by atoms with van der Waals surface area (Å²) in [7, 11) is 0. The van der Waals surface area contributed by atoms with Gasteiger partial charge in [-0.25, -0.2) is 4.98 Å². The molecule has 0 saturated heterocycles. The van der Waals surface area contributed by atoms with Crippen LogP contribution in [0.4, 0.5) is 22.7 Å². The summed E-state index contributed by atoms with van der Waals surface area (Å²) < 4.78 is 114. The molecular weight excluding hydrogens is 1160 g/mol. The Morgan fingerprint density at radius 2 is 1.16 bits per heavy atom. The third kappa shape index (κ3) is 9.99. The Labute approximate surface area is 505 Å². The summed E-state index contributed by atoms with van der Waals surface area (Å²) in [6.45, 7) is 29.0. The van der Waals surface area contributed by atoms with Crippen LogP contribution in [-0.2, 0) is 48.1 Å². The van der Waals surface area contributed by atoms with Gasteiger partial charge in [-0.2, -0.15) is 12.1 Å². The van der Waals surface area contributed by atoms with E-state index in [4.69, 9.17) is 15.2 Å². The van der Waals surface area contributed by atoms with Crippen molar-refractivity contribution in [2.75, 3.05) is 9.80 Å². The SMILES string of the molecule is [2H]c1c([2H])c(-c2cc(C(C)(C)C)cc(-c3c([2H])c([2H])c4c(c3[2H])C(C)(C)CCC4(C)C)c2N2[CH-]N(c3[c-]c(Oc4[c-]c5c(cc4)c4c([2H])c([2H])c([2H])c([2H])c4n5-c4cc(C(C)(C)C)ccn4)ccc3)c3ccccc32)c([2H])c([2H])c1-c1cccc(C(C)(C)C)c1.[Pt]. The molecule has 0 bridgehead atoms. The third-order valence-corrected chi connectivity index (χ3v) is 15.9. The molecule has 0 saturated carbocycles. The second-order valence-electron chi connectivity index (χ2n) is 25.7. The van der Waals surface area contributed by atoms with Crippen molar-refractivity contribution in [1.29, 1.82) is 0 Å². The first-order chi connectivity index (χ1) is 42.1. The van der Waals surface area contributed by atoms with Gasteiger partial charge in [-0.05, 0) is 138 Å². The maximum atomic E-state index is 10.4. The van der Waals surface area contributed by atoms with Gasteiger partial charge in [-0.1, -0.05) is 192 Å². The van der Waals surface area contributed by atoms with Gasteiger partial charge in [0.15, 0.2) is 0 Å². The topological polar surface area (TPSA) is 33.5 Å². The van der Waals surface area contributed by atoms with Gasteiger partial charge in [-0.3, -0.25) is 0 Å². The second-order valence-corrected chi connectivity index (χ2v) is 25.7. The van der Waals surface area contributed by atoms with Gasteiger partial charge in [0.1, 0.15) is 5.82 Å². The Bertz CT molecular complexity index is 4640. The van der Waals surface area contributed by atoms with E-state index in [-0.39, 0.29) is 126 Å². The van der Waals surface area contributed by atoms with Crippen molar-refractivity contribution < 1.29 is 40.9 Å². The number of para-hydroxylation sites is 3. The first-order valence-electron chi connectivity index (χ1n) is 32.8. The molecule has 8 aromatic carbocycles. The molecule has 10 aromatic rings. The number of hydrogen-bond acceptors (Lipinski definition) is 4. The van der Waals surface area contributed by atoms with E-state index in [2.05, 4.69) is 102 Å². The fraction of sp³-hybridized carbons (Fsp3) is 0.270. The molecule has 0 spiro atoms. The molecule has 0 fully saturated rings. The van der Waals surface area contributed by atoms with Gasteiger partial charge < -0.3 is 19.1 Å². The van der Waals surface area contributed by atoms with E-state index in [0.717, 1.165) is 29.5 Å². The van der Waals surface area contributed by atoms with E-state index in [1.807, 2.05) is 101 Å². The molecule has 3 heterocycles. The van der Waals surface area contributed by atoms with Crippen LogP contribution in [0.3, 0.4) is 0 Å². The van der Waals surface area contributed by atoms with Crippen LogP contribution in [0.15, 0.2) is 176 Å². The Hall–Kier alpha value is -7.20. The number of hydrogen-bond donors (Lipinski definition) is 0. The standard InChI is InChI=1S/C74H73N4O.Pt/c1-70(2,3)52-21-18-20-50(40-52)48-28-30-49(31-29-48)60-42-54(72(7,8)9)43-61(51-32-35-62-63(41-51)74(12,13)38-37-73(62,10)11)69(60)77-47-76(65-26-16-17-27-66(65)77)55-22-19-23-56(45-55)79-57-33-34-59-58-24-14-15-25-64(58)78(67(59)46-57)68-44-53(36-39-75-68)71(4,5)6;/h14-36,39-44,47H,37-38H2,1-13H3;/q-3;/i14D,15D,24D,25D,28D,29D,30D,31D,32D,35D,41D;. The average molecular weight is 1240 g/mol. The molecule has 0 N–H and O–H groups in total. The summed E-state index contributed by atoms with van der Waals surface area (Å²) in [6, 6.07) is 37.0. The fourth-order valence-corrected chi connectivity index (χ4v) is 11.0. The van der Waals surface area contributed by atoms with Gasteiger partial charge in [-0.15, -0.1) is 48.1 Å². The summed E-state index contributed by atoms with van der Waals surface area (Å²) in [5.41, 5.74) is 6.74. The normalized spacial score (nSPS) is 16.9. The van der Waals surface area contributed by atoms with Crippen LogP contribution in [0, 0.1) is 18.8 Å². The number of ether oxygens (including phenoxy) is 1. The van der Waals surface area contributed by atoms with Crippen LogP contribution in [0.1, 0.15) is 146 Å². The largest absolute Gasteiger partial charge is 0.509 e. The van der Waals surface area contributed by atoms with E-state index in [9.17, 15) is 9.60 Å². The Morgan fingerprint density at radius 3 is 1.88 bits per heavy atom. The number of anilines is 4. The number of rotatable bonds is 8. The first kappa shape index (κ1) is 42.7. The molecule has 12 rings (SSSR count). The van der Waals surface area contributed by atoms with Gasteiger partial charge in [0.2, 0.25) is 0 Å². The summed E-state index contributed by atoms with van der Waals surface area (Å²) in [5.74, 6) is 1.04. The number of nitrogens with zero attached hydrogens (tertiary/aromatic N) is 4. The summed E-state index contributed by atoms with van der Waals surface area (Å²) >= 11 is 0. The minimum Gasteiger partial charge on any atom is -0.509 e. The van der Waals surface area contributed by atoms with Gasteiger partial charge in [0.05, 0.1) is 15.1 Å². The monoisotopic (exact) mass is 1240 g/mol. The molecule has 1 aliphatic heterocycles. The van der Waals surface area contributed by atoms with Crippen molar-refractivity contribution in [3.8, 4) is 50.7 Å². The van der Waals surface area contributed by atoms with Gasteiger partial charge in [0.25, 0.3) is 0 Å². The average Bonchev–Trinajstić information content (AvgIpc) is 1.67. The Morgan fingerprint density at radius 1 is 0.550 bits per heavy atom. The summed E-state index contributed by atoms with van der Waals surface area (Å²) in [4.78, 5) is 8.62. The van der Waals surface area contributed by atoms with E-state index in [1.165, 1.54) is 0 Å². The maximum Gasteiger partial charge on any atom is 0.135 e. The predicted molar refractivity (Wildman–Crippen MR) is 332 cm³/mol. The molecule has 5 nitrogen and oxygen atoms in total. The molecule has 2 aromatic heterocycles. The van der Waals surface area contributed by atoms with E-state index in [1.54, 1.807) is 29.0 Å². The Balaban J connectivity index is 0.00000850. The van der Waals surface area contributed by atoms with E-state index < -0.39 is 16.2 Å². The predicted octanol–water partition coefficient (Wildman–Crippen LogP) is 20.2. The van der Waals surface area contributed by atoms with Crippen molar-refractivity contribution in [2.24, 2.45) is 0 Å². The van der Waals surface area contributed by atoms with Crippen LogP contribution >= 0.6 is 0 Å². The molecule has 408 valence electrons. The zero-order valence-electron chi connectivity index (χ0n) is 58.9. The minimum atomic E-state index is -0.593. The zero-order valence-corrected chi connectivity index (χ0v) is 50.2.